The number of nitro groups is 1. The highest BCUT2D eigenvalue weighted by atomic mass is 19.1. The molecule has 1 aromatic rings. The van der Waals surface area contributed by atoms with Crippen molar-refractivity contribution in [3.63, 3.8) is 0 Å². The van der Waals surface area contributed by atoms with Crippen LogP contribution in [0.5, 0.6) is 5.75 Å². The van der Waals surface area contributed by atoms with E-state index in [0.717, 1.165) is 0 Å². The molecule has 2 atom stereocenters. The van der Waals surface area contributed by atoms with Crippen LogP contribution in [-0.4, -0.2) is 37.3 Å². The van der Waals surface area contributed by atoms with E-state index in [2.05, 4.69) is 0 Å². The molecule has 0 saturated carbocycles. The molecular weight excluding hydrogens is 253 g/mol. The van der Waals surface area contributed by atoms with Gasteiger partial charge in [-0.15, -0.1) is 0 Å². The molecule has 104 valence electrons. The number of benzene rings is 1. The van der Waals surface area contributed by atoms with Crippen molar-refractivity contribution in [1.82, 2.24) is 0 Å². The molecule has 6 nitrogen and oxygen atoms in total. The van der Waals surface area contributed by atoms with Gasteiger partial charge in [-0.25, -0.2) is 4.39 Å². The van der Waals surface area contributed by atoms with Crippen LogP contribution in [0.15, 0.2) is 18.2 Å². The fraction of sp³-hybridized carbons (Fsp3) is 0.500. The number of alkyl halides is 1. The van der Waals surface area contributed by atoms with Gasteiger partial charge in [0.25, 0.3) is 0 Å². The van der Waals surface area contributed by atoms with E-state index in [1.807, 2.05) is 4.90 Å². The van der Waals surface area contributed by atoms with Gasteiger partial charge in [-0.1, -0.05) is 0 Å². The Labute approximate surface area is 110 Å². The molecule has 0 aromatic heterocycles. The maximum Gasteiger partial charge on any atom is 0.311 e. The molecule has 1 heterocycles. The molecule has 1 aliphatic heterocycles. The van der Waals surface area contributed by atoms with Gasteiger partial charge in [0.05, 0.1) is 18.6 Å². The van der Waals surface area contributed by atoms with E-state index in [-0.39, 0.29) is 18.0 Å². The Kier molecular flexibility index (Phi) is 3.84. The number of piperidine rings is 1. The van der Waals surface area contributed by atoms with Crippen molar-refractivity contribution in [3.8, 4) is 5.75 Å². The molecule has 1 saturated heterocycles. The number of hydrogen-bond donors (Lipinski definition) is 1. The molecule has 0 radical (unpaired) electrons. The van der Waals surface area contributed by atoms with Crippen LogP contribution in [0.2, 0.25) is 0 Å². The minimum absolute atomic E-state index is 0.100. The first-order valence-corrected chi connectivity index (χ1v) is 6.00. The Bertz CT molecular complexity index is 483. The van der Waals surface area contributed by atoms with Crippen LogP contribution >= 0.6 is 0 Å². The zero-order valence-electron chi connectivity index (χ0n) is 10.6. The molecule has 7 heteroatoms. The van der Waals surface area contributed by atoms with Crippen molar-refractivity contribution in [2.75, 3.05) is 25.1 Å². The normalized spacial score (nSPS) is 23.2. The summed E-state index contributed by atoms with van der Waals surface area (Å²) in [5.74, 6) is 0.174. The van der Waals surface area contributed by atoms with Gasteiger partial charge in [0.2, 0.25) is 0 Å². The second-order valence-corrected chi connectivity index (χ2v) is 4.53. The third kappa shape index (κ3) is 2.76. The van der Waals surface area contributed by atoms with Crippen LogP contribution in [0.1, 0.15) is 6.42 Å². The van der Waals surface area contributed by atoms with E-state index < -0.39 is 17.1 Å². The molecule has 1 aliphatic rings. The van der Waals surface area contributed by atoms with Gasteiger partial charge in [0.1, 0.15) is 6.17 Å². The lowest BCUT2D eigenvalue weighted by Gasteiger charge is -2.34. The van der Waals surface area contributed by atoms with E-state index in [4.69, 9.17) is 10.5 Å². The lowest BCUT2D eigenvalue weighted by atomic mass is 10.0. The SMILES string of the molecule is COc1cc(N2CC[C@@H](N)[C@@H](F)C2)ccc1[N+](=O)[O-]. The summed E-state index contributed by atoms with van der Waals surface area (Å²) in [5.41, 5.74) is 6.23. The van der Waals surface area contributed by atoms with E-state index in [1.54, 1.807) is 12.1 Å². The summed E-state index contributed by atoms with van der Waals surface area (Å²) in [6.45, 7) is 0.824. The second-order valence-electron chi connectivity index (χ2n) is 4.53. The number of hydrogen-bond acceptors (Lipinski definition) is 5. The number of ether oxygens (including phenoxy) is 1. The van der Waals surface area contributed by atoms with Gasteiger partial charge >= 0.3 is 5.69 Å². The Morgan fingerprint density at radius 2 is 2.32 bits per heavy atom. The van der Waals surface area contributed by atoms with Crippen molar-refractivity contribution >= 4 is 11.4 Å². The van der Waals surface area contributed by atoms with Gasteiger partial charge in [-0.3, -0.25) is 10.1 Å². The van der Waals surface area contributed by atoms with E-state index >= 15 is 0 Å². The van der Waals surface area contributed by atoms with Gasteiger partial charge in [-0.2, -0.15) is 0 Å². The number of nitro benzene ring substituents is 1. The standard InChI is InChI=1S/C12H16FN3O3/c1-19-12-6-8(2-3-11(12)16(17)18)15-5-4-10(14)9(13)7-15/h2-3,6,9-10H,4-5,7,14H2,1H3/t9-,10+/m0/s1. The van der Waals surface area contributed by atoms with Crippen molar-refractivity contribution in [2.45, 2.75) is 18.6 Å². The van der Waals surface area contributed by atoms with Crippen LogP contribution in [0.4, 0.5) is 15.8 Å². The molecule has 0 amide bonds. The lowest BCUT2D eigenvalue weighted by Crippen LogP contribution is -2.48. The molecule has 1 fully saturated rings. The number of nitrogens with two attached hydrogens (primary N) is 1. The summed E-state index contributed by atoms with van der Waals surface area (Å²) in [6.07, 6.45) is -0.532. The van der Waals surface area contributed by atoms with Crippen molar-refractivity contribution in [3.05, 3.63) is 28.3 Å². The van der Waals surface area contributed by atoms with E-state index in [9.17, 15) is 14.5 Å². The number of anilines is 1. The van der Waals surface area contributed by atoms with Crippen molar-refractivity contribution in [2.24, 2.45) is 5.73 Å². The maximum absolute atomic E-state index is 13.6. The molecular formula is C12H16FN3O3. The summed E-state index contributed by atoms with van der Waals surface area (Å²) in [4.78, 5) is 12.1. The van der Waals surface area contributed by atoms with E-state index in [0.29, 0.717) is 18.7 Å². The summed E-state index contributed by atoms with van der Waals surface area (Å²) in [6, 6.07) is 4.10. The largest absolute Gasteiger partial charge is 0.490 e. The topological polar surface area (TPSA) is 81.6 Å². The van der Waals surface area contributed by atoms with Gasteiger partial charge in [0, 0.05) is 30.4 Å². The highest BCUT2D eigenvalue weighted by Gasteiger charge is 2.27. The van der Waals surface area contributed by atoms with Crippen LogP contribution < -0.4 is 15.4 Å². The Morgan fingerprint density at radius 3 is 2.89 bits per heavy atom. The van der Waals surface area contributed by atoms with Crippen LogP contribution in [0.25, 0.3) is 0 Å². The highest BCUT2D eigenvalue weighted by molar-refractivity contribution is 5.59. The molecule has 2 N–H and O–H groups in total. The quantitative estimate of drug-likeness (QED) is 0.664. The Balaban J connectivity index is 2.24. The second kappa shape index (κ2) is 5.40. The molecule has 0 spiro atoms. The van der Waals surface area contributed by atoms with Gasteiger partial charge < -0.3 is 15.4 Å². The summed E-state index contributed by atoms with van der Waals surface area (Å²) >= 11 is 0. The number of methoxy groups -OCH3 is 1. The van der Waals surface area contributed by atoms with Gasteiger partial charge in [0.15, 0.2) is 5.75 Å². The van der Waals surface area contributed by atoms with Gasteiger partial charge in [-0.05, 0) is 12.5 Å². The predicted octanol–water partition coefficient (Wildman–Crippen LogP) is 1.48. The smallest absolute Gasteiger partial charge is 0.311 e. The summed E-state index contributed by atoms with van der Waals surface area (Å²) in [5, 5.41) is 10.8. The summed E-state index contributed by atoms with van der Waals surface area (Å²) < 4.78 is 18.6. The zero-order valence-corrected chi connectivity index (χ0v) is 10.6. The fourth-order valence-electron chi connectivity index (χ4n) is 2.17. The van der Waals surface area contributed by atoms with Crippen LogP contribution in [0.3, 0.4) is 0 Å². The summed E-state index contributed by atoms with van der Waals surface area (Å²) in [7, 11) is 1.37. The molecule has 0 aliphatic carbocycles. The minimum Gasteiger partial charge on any atom is -0.490 e. The zero-order chi connectivity index (χ0) is 14.0. The molecule has 19 heavy (non-hydrogen) atoms. The third-order valence-corrected chi connectivity index (χ3v) is 3.32. The minimum atomic E-state index is -1.09. The number of halogens is 1. The maximum atomic E-state index is 13.6. The average Bonchev–Trinajstić information content (AvgIpc) is 2.41. The molecule has 0 unspecified atom stereocenters. The van der Waals surface area contributed by atoms with Crippen LogP contribution in [0, 0.1) is 10.1 Å². The first-order valence-electron chi connectivity index (χ1n) is 6.00. The number of nitrogens with zero attached hydrogens (tertiary/aromatic N) is 2. The molecule has 1 aromatic carbocycles. The third-order valence-electron chi connectivity index (χ3n) is 3.32. The van der Waals surface area contributed by atoms with Crippen LogP contribution in [-0.2, 0) is 0 Å². The van der Waals surface area contributed by atoms with Crippen molar-refractivity contribution < 1.29 is 14.1 Å². The fourth-order valence-corrected chi connectivity index (χ4v) is 2.17. The van der Waals surface area contributed by atoms with E-state index in [1.165, 1.54) is 13.2 Å². The van der Waals surface area contributed by atoms with Crippen molar-refractivity contribution in [1.29, 1.82) is 0 Å². The Morgan fingerprint density at radius 1 is 1.58 bits per heavy atom. The lowest BCUT2D eigenvalue weighted by molar-refractivity contribution is -0.385. The monoisotopic (exact) mass is 269 g/mol. The highest BCUT2D eigenvalue weighted by Crippen LogP contribution is 2.32. The Hall–Kier alpha value is -1.89. The molecule has 0 bridgehead atoms. The predicted molar refractivity (Wildman–Crippen MR) is 69.3 cm³/mol. The number of rotatable bonds is 3. The first-order chi connectivity index (χ1) is 9.02. The first kappa shape index (κ1) is 13.5. The average molecular weight is 269 g/mol. The molecule has 2 rings (SSSR count).